The molecule has 4 heteroatoms. The van der Waals surface area contributed by atoms with E-state index in [2.05, 4.69) is 23.3 Å². The van der Waals surface area contributed by atoms with Crippen LogP contribution in [0.1, 0.15) is 31.7 Å². The van der Waals surface area contributed by atoms with E-state index in [1.54, 1.807) is 11.3 Å². The van der Waals surface area contributed by atoms with Crippen LogP contribution >= 0.6 is 11.3 Å². The fourth-order valence-corrected chi connectivity index (χ4v) is 2.66. The molecule has 0 saturated carbocycles. The third kappa shape index (κ3) is 3.29. The molecule has 2 rings (SSSR count). The summed E-state index contributed by atoms with van der Waals surface area (Å²) in [5.74, 6) is 0.114. The predicted molar refractivity (Wildman–Crippen MR) is 75.8 cm³/mol. The molecule has 0 fully saturated rings. The van der Waals surface area contributed by atoms with Crippen LogP contribution in [-0.4, -0.2) is 16.9 Å². The van der Waals surface area contributed by atoms with Gasteiger partial charge in [-0.05, 0) is 25.5 Å². The molecule has 0 unspecified atom stereocenters. The molecule has 0 spiro atoms. The number of nitrogens with one attached hydrogen (secondary N) is 1. The van der Waals surface area contributed by atoms with Gasteiger partial charge < -0.3 is 5.32 Å². The molecule has 0 aliphatic rings. The molecule has 2 aromatic rings. The Kier molecular flexibility index (Phi) is 4.31. The Bertz CT molecular complexity index is 502. The zero-order valence-electron chi connectivity index (χ0n) is 10.8. The highest BCUT2D eigenvalue weighted by Crippen LogP contribution is 2.22. The van der Waals surface area contributed by atoms with Crippen LogP contribution in [-0.2, 0) is 11.2 Å². The number of fused-ring (bicyclic) bond motifs is 1. The minimum absolute atomic E-state index is 0.114. The highest BCUT2D eigenvalue weighted by atomic mass is 32.1. The molecular formula is C14H18N2OS. The Morgan fingerprint density at radius 2 is 2.22 bits per heavy atom. The van der Waals surface area contributed by atoms with Crippen LogP contribution in [0.3, 0.4) is 0 Å². The van der Waals surface area contributed by atoms with Crippen molar-refractivity contribution >= 4 is 27.5 Å². The molecule has 3 nitrogen and oxygen atoms in total. The van der Waals surface area contributed by atoms with Crippen LogP contribution in [0.15, 0.2) is 24.3 Å². The molecular weight excluding hydrogens is 244 g/mol. The maximum Gasteiger partial charge on any atom is 0.220 e. The number of thiazole rings is 1. The molecule has 18 heavy (non-hydrogen) atoms. The van der Waals surface area contributed by atoms with E-state index in [4.69, 9.17) is 0 Å². The number of hydrogen-bond acceptors (Lipinski definition) is 3. The Balaban J connectivity index is 1.92. The van der Waals surface area contributed by atoms with E-state index in [-0.39, 0.29) is 11.9 Å². The number of nitrogens with zero attached hydrogens (tertiary/aromatic N) is 1. The third-order valence-electron chi connectivity index (χ3n) is 2.92. The van der Waals surface area contributed by atoms with Gasteiger partial charge in [-0.25, -0.2) is 4.98 Å². The molecule has 0 saturated heterocycles. The minimum atomic E-state index is 0.114. The quantitative estimate of drug-likeness (QED) is 0.899. The van der Waals surface area contributed by atoms with E-state index in [1.165, 1.54) is 4.70 Å². The summed E-state index contributed by atoms with van der Waals surface area (Å²) in [5, 5.41) is 4.01. The number of hydrogen-bond donors (Lipinski definition) is 1. The lowest BCUT2D eigenvalue weighted by Gasteiger charge is -2.10. The lowest BCUT2D eigenvalue weighted by molar-refractivity contribution is -0.121. The van der Waals surface area contributed by atoms with E-state index < -0.39 is 0 Å². The molecule has 96 valence electrons. The smallest absolute Gasteiger partial charge is 0.220 e. The summed E-state index contributed by atoms with van der Waals surface area (Å²) in [7, 11) is 0. The second-order valence-electron chi connectivity index (χ2n) is 4.45. The summed E-state index contributed by atoms with van der Waals surface area (Å²) in [4.78, 5) is 16.2. The van der Waals surface area contributed by atoms with Crippen LogP contribution in [0.4, 0.5) is 0 Å². The normalized spacial score (nSPS) is 12.6. The van der Waals surface area contributed by atoms with Gasteiger partial charge in [-0.15, -0.1) is 11.3 Å². The first-order valence-electron chi connectivity index (χ1n) is 6.33. The van der Waals surface area contributed by atoms with E-state index in [0.29, 0.717) is 6.42 Å². The number of aromatic nitrogens is 1. The van der Waals surface area contributed by atoms with E-state index in [1.807, 2.05) is 25.1 Å². The van der Waals surface area contributed by atoms with Crippen molar-refractivity contribution < 1.29 is 4.79 Å². The topological polar surface area (TPSA) is 42.0 Å². The van der Waals surface area contributed by atoms with E-state index in [0.717, 1.165) is 23.4 Å². The monoisotopic (exact) mass is 262 g/mol. The largest absolute Gasteiger partial charge is 0.354 e. The van der Waals surface area contributed by atoms with Crippen molar-refractivity contribution in [1.29, 1.82) is 0 Å². The molecule has 1 N–H and O–H groups in total. The van der Waals surface area contributed by atoms with Gasteiger partial charge in [0.2, 0.25) is 5.91 Å². The van der Waals surface area contributed by atoms with Crippen molar-refractivity contribution in [3.8, 4) is 0 Å². The number of rotatable bonds is 5. The zero-order valence-corrected chi connectivity index (χ0v) is 11.6. The molecule has 0 aliphatic heterocycles. The van der Waals surface area contributed by atoms with Crippen LogP contribution < -0.4 is 5.32 Å². The van der Waals surface area contributed by atoms with Crippen molar-refractivity contribution in [1.82, 2.24) is 10.3 Å². The van der Waals surface area contributed by atoms with Crippen LogP contribution in [0.5, 0.6) is 0 Å². The summed E-state index contributed by atoms with van der Waals surface area (Å²) in [6.45, 7) is 4.09. The highest BCUT2D eigenvalue weighted by Gasteiger charge is 2.08. The first kappa shape index (κ1) is 13.0. The summed E-state index contributed by atoms with van der Waals surface area (Å²) in [6.07, 6.45) is 2.21. The maximum atomic E-state index is 11.7. The van der Waals surface area contributed by atoms with Gasteiger partial charge in [0.25, 0.3) is 0 Å². The van der Waals surface area contributed by atoms with Crippen LogP contribution in [0.2, 0.25) is 0 Å². The van der Waals surface area contributed by atoms with Gasteiger partial charge in [0.15, 0.2) is 0 Å². The Morgan fingerprint density at radius 3 is 2.94 bits per heavy atom. The molecule has 1 aromatic heterocycles. The Hall–Kier alpha value is -1.42. The molecule has 1 atom stereocenters. The van der Waals surface area contributed by atoms with Gasteiger partial charge >= 0.3 is 0 Å². The summed E-state index contributed by atoms with van der Waals surface area (Å²) in [5.41, 5.74) is 1.03. The number of para-hydroxylation sites is 1. The second-order valence-corrected chi connectivity index (χ2v) is 5.57. The molecule has 1 amide bonds. The van der Waals surface area contributed by atoms with Crippen molar-refractivity contribution in [2.75, 3.05) is 0 Å². The zero-order chi connectivity index (χ0) is 13.0. The SMILES string of the molecule is CC[C@H](C)NC(=O)CCc1nc2ccccc2s1. The van der Waals surface area contributed by atoms with Gasteiger partial charge in [-0.1, -0.05) is 19.1 Å². The van der Waals surface area contributed by atoms with Crippen LogP contribution in [0, 0.1) is 0 Å². The van der Waals surface area contributed by atoms with E-state index in [9.17, 15) is 4.79 Å². The first-order valence-corrected chi connectivity index (χ1v) is 7.14. The Labute approximate surface area is 111 Å². The van der Waals surface area contributed by atoms with Gasteiger partial charge in [-0.2, -0.15) is 0 Å². The fourth-order valence-electron chi connectivity index (χ4n) is 1.70. The van der Waals surface area contributed by atoms with Crippen molar-refractivity contribution in [2.24, 2.45) is 0 Å². The molecule has 1 aromatic carbocycles. The van der Waals surface area contributed by atoms with Gasteiger partial charge in [0.1, 0.15) is 0 Å². The predicted octanol–water partition coefficient (Wildman–Crippen LogP) is 3.14. The minimum Gasteiger partial charge on any atom is -0.354 e. The third-order valence-corrected chi connectivity index (χ3v) is 4.02. The van der Waals surface area contributed by atoms with Crippen molar-refractivity contribution in [3.05, 3.63) is 29.3 Å². The molecule has 0 aliphatic carbocycles. The number of aryl methyl sites for hydroxylation is 1. The molecule has 1 heterocycles. The Morgan fingerprint density at radius 1 is 1.44 bits per heavy atom. The molecule has 0 radical (unpaired) electrons. The maximum absolute atomic E-state index is 11.7. The molecule has 0 bridgehead atoms. The second kappa shape index (κ2) is 5.96. The van der Waals surface area contributed by atoms with E-state index >= 15 is 0 Å². The fraction of sp³-hybridized carbons (Fsp3) is 0.429. The number of amides is 1. The number of carbonyl (C=O) groups excluding carboxylic acids is 1. The average molecular weight is 262 g/mol. The highest BCUT2D eigenvalue weighted by molar-refractivity contribution is 7.18. The summed E-state index contributed by atoms with van der Waals surface area (Å²) >= 11 is 1.67. The van der Waals surface area contributed by atoms with Crippen molar-refractivity contribution in [2.45, 2.75) is 39.2 Å². The first-order chi connectivity index (χ1) is 8.69. The van der Waals surface area contributed by atoms with Crippen molar-refractivity contribution in [3.63, 3.8) is 0 Å². The van der Waals surface area contributed by atoms with Gasteiger partial charge in [0.05, 0.1) is 15.2 Å². The lowest BCUT2D eigenvalue weighted by atomic mass is 10.2. The average Bonchev–Trinajstić information content (AvgIpc) is 2.79. The lowest BCUT2D eigenvalue weighted by Crippen LogP contribution is -2.31. The summed E-state index contributed by atoms with van der Waals surface area (Å²) < 4.78 is 1.19. The number of carbonyl (C=O) groups is 1. The van der Waals surface area contributed by atoms with Gasteiger partial charge in [-0.3, -0.25) is 4.79 Å². The van der Waals surface area contributed by atoms with Crippen LogP contribution in [0.25, 0.3) is 10.2 Å². The van der Waals surface area contributed by atoms with Gasteiger partial charge in [0, 0.05) is 18.9 Å². The summed E-state index contributed by atoms with van der Waals surface area (Å²) in [6, 6.07) is 8.33. The standard InChI is InChI=1S/C14H18N2OS/c1-3-10(2)15-13(17)8-9-14-16-11-6-4-5-7-12(11)18-14/h4-7,10H,3,8-9H2,1-2H3,(H,15,17)/t10-/m0/s1. The number of benzene rings is 1.